The molecule has 1 saturated carbocycles. The highest BCUT2D eigenvalue weighted by Crippen LogP contribution is 2.24. The van der Waals surface area contributed by atoms with Gasteiger partial charge in [0.15, 0.2) is 0 Å². The number of aryl methyl sites for hydroxylation is 1. The molecule has 0 bridgehead atoms. The Morgan fingerprint density at radius 1 is 1.30 bits per heavy atom. The van der Waals surface area contributed by atoms with E-state index in [-0.39, 0.29) is 6.03 Å². The molecule has 0 aromatic carbocycles. The second-order valence-electron chi connectivity index (χ2n) is 5.76. The van der Waals surface area contributed by atoms with Crippen LogP contribution in [0.1, 0.15) is 48.8 Å². The zero-order chi connectivity index (χ0) is 14.4. The average Bonchev–Trinajstić information content (AvgIpc) is 2.93. The number of rotatable bonds is 5. The van der Waals surface area contributed by atoms with Crippen molar-refractivity contribution in [3.05, 3.63) is 21.9 Å². The van der Waals surface area contributed by atoms with Gasteiger partial charge in [0, 0.05) is 23.3 Å². The molecule has 1 aromatic heterocycles. The van der Waals surface area contributed by atoms with Crippen molar-refractivity contribution in [2.75, 3.05) is 13.6 Å². The van der Waals surface area contributed by atoms with Crippen molar-refractivity contribution in [1.29, 1.82) is 0 Å². The predicted molar refractivity (Wildman–Crippen MR) is 85.1 cm³/mol. The highest BCUT2D eigenvalue weighted by atomic mass is 32.1. The fourth-order valence-corrected chi connectivity index (χ4v) is 3.74. The van der Waals surface area contributed by atoms with Crippen molar-refractivity contribution in [2.24, 2.45) is 5.92 Å². The molecule has 4 heteroatoms. The lowest BCUT2D eigenvalue weighted by Gasteiger charge is -2.27. The van der Waals surface area contributed by atoms with E-state index >= 15 is 0 Å². The molecule has 2 rings (SSSR count). The van der Waals surface area contributed by atoms with Crippen LogP contribution in [0, 0.1) is 5.92 Å². The Morgan fingerprint density at radius 3 is 2.65 bits per heavy atom. The maximum absolute atomic E-state index is 12.1. The highest BCUT2D eigenvalue weighted by molar-refractivity contribution is 7.11. The van der Waals surface area contributed by atoms with E-state index < -0.39 is 0 Å². The Bertz CT molecular complexity index is 424. The molecule has 0 saturated heterocycles. The second kappa shape index (κ2) is 7.67. The molecule has 1 heterocycles. The lowest BCUT2D eigenvalue weighted by Crippen LogP contribution is -2.39. The first-order valence-corrected chi connectivity index (χ1v) is 8.57. The minimum absolute atomic E-state index is 0.0574. The van der Waals surface area contributed by atoms with Gasteiger partial charge in [-0.25, -0.2) is 4.79 Å². The zero-order valence-corrected chi connectivity index (χ0v) is 13.5. The first-order valence-electron chi connectivity index (χ1n) is 7.75. The molecule has 1 N–H and O–H groups in total. The third-order valence-electron chi connectivity index (χ3n) is 4.08. The van der Waals surface area contributed by atoms with Gasteiger partial charge in [0.2, 0.25) is 0 Å². The number of nitrogens with one attached hydrogen (secondary N) is 1. The van der Waals surface area contributed by atoms with Crippen LogP contribution < -0.4 is 5.32 Å². The van der Waals surface area contributed by atoms with Gasteiger partial charge in [0.1, 0.15) is 0 Å². The van der Waals surface area contributed by atoms with Crippen LogP contribution in [0.4, 0.5) is 4.79 Å². The second-order valence-corrected chi connectivity index (χ2v) is 7.02. The molecule has 0 radical (unpaired) electrons. The fraction of sp³-hybridized carbons (Fsp3) is 0.688. The number of urea groups is 1. The smallest absolute Gasteiger partial charge is 0.317 e. The Morgan fingerprint density at radius 2 is 2.00 bits per heavy atom. The van der Waals surface area contributed by atoms with E-state index in [4.69, 9.17) is 0 Å². The Kier molecular flexibility index (Phi) is 5.89. The molecular formula is C16H26N2OS. The lowest BCUT2D eigenvalue weighted by atomic mass is 9.89. The Hall–Kier alpha value is -1.03. The summed E-state index contributed by atoms with van der Waals surface area (Å²) >= 11 is 1.79. The topological polar surface area (TPSA) is 32.3 Å². The van der Waals surface area contributed by atoms with Gasteiger partial charge in [-0.05, 0) is 37.3 Å². The first-order chi connectivity index (χ1) is 9.69. The van der Waals surface area contributed by atoms with E-state index in [0.717, 1.165) is 13.0 Å². The number of thiophene rings is 1. The molecule has 0 spiro atoms. The van der Waals surface area contributed by atoms with E-state index in [9.17, 15) is 4.79 Å². The first kappa shape index (κ1) is 15.4. The van der Waals surface area contributed by atoms with Crippen LogP contribution in [0.15, 0.2) is 12.1 Å². The molecule has 20 heavy (non-hydrogen) atoms. The SMILES string of the molecule is CCc1ccc(CNC(=O)N(C)CC2CCCCC2)s1. The largest absolute Gasteiger partial charge is 0.333 e. The van der Waals surface area contributed by atoms with E-state index in [0.29, 0.717) is 12.5 Å². The number of hydrogen-bond acceptors (Lipinski definition) is 2. The summed E-state index contributed by atoms with van der Waals surface area (Å²) in [6.45, 7) is 3.71. The van der Waals surface area contributed by atoms with Gasteiger partial charge in [0.25, 0.3) is 0 Å². The van der Waals surface area contributed by atoms with Crippen LogP contribution in [0.25, 0.3) is 0 Å². The predicted octanol–water partition coefficient (Wildman–Crippen LogP) is 4.03. The molecule has 1 aliphatic carbocycles. The summed E-state index contributed by atoms with van der Waals surface area (Å²) in [4.78, 5) is 16.6. The van der Waals surface area contributed by atoms with E-state index in [2.05, 4.69) is 24.4 Å². The van der Waals surface area contributed by atoms with Gasteiger partial charge < -0.3 is 10.2 Å². The van der Waals surface area contributed by atoms with Crippen LogP contribution in [-0.2, 0) is 13.0 Å². The maximum atomic E-state index is 12.1. The van der Waals surface area contributed by atoms with E-state index in [1.807, 2.05) is 11.9 Å². The standard InChI is InChI=1S/C16H26N2OS/c1-3-14-9-10-15(20-14)11-17-16(19)18(2)12-13-7-5-4-6-8-13/h9-10,13H,3-8,11-12H2,1-2H3,(H,17,19). The lowest BCUT2D eigenvalue weighted by molar-refractivity contribution is 0.192. The highest BCUT2D eigenvalue weighted by Gasteiger charge is 2.18. The fourth-order valence-electron chi connectivity index (χ4n) is 2.84. The van der Waals surface area contributed by atoms with Gasteiger partial charge >= 0.3 is 6.03 Å². The van der Waals surface area contributed by atoms with Crippen LogP contribution in [0.3, 0.4) is 0 Å². The number of carbonyl (C=O) groups excluding carboxylic acids is 1. The van der Waals surface area contributed by atoms with E-state index in [1.165, 1.54) is 41.9 Å². The van der Waals surface area contributed by atoms with Crippen molar-refractivity contribution < 1.29 is 4.79 Å². The molecule has 0 atom stereocenters. The summed E-state index contributed by atoms with van der Waals surface area (Å²) in [5.74, 6) is 0.702. The van der Waals surface area contributed by atoms with Gasteiger partial charge in [-0.1, -0.05) is 26.2 Å². The van der Waals surface area contributed by atoms with Gasteiger partial charge in [-0.3, -0.25) is 0 Å². The molecule has 1 aromatic rings. The summed E-state index contributed by atoms with van der Waals surface area (Å²) in [5.41, 5.74) is 0. The normalized spacial score (nSPS) is 16.1. The Balaban J connectivity index is 1.72. The minimum Gasteiger partial charge on any atom is -0.333 e. The number of amides is 2. The summed E-state index contributed by atoms with van der Waals surface area (Å²) in [6.07, 6.45) is 7.65. The number of nitrogens with zero attached hydrogens (tertiary/aromatic N) is 1. The number of carbonyl (C=O) groups is 1. The van der Waals surface area contributed by atoms with Crippen LogP contribution >= 0.6 is 11.3 Å². The summed E-state index contributed by atoms with van der Waals surface area (Å²) in [6, 6.07) is 4.32. The minimum atomic E-state index is 0.0574. The molecule has 0 unspecified atom stereocenters. The van der Waals surface area contributed by atoms with Gasteiger partial charge in [0.05, 0.1) is 6.54 Å². The Labute approximate surface area is 126 Å². The summed E-state index contributed by atoms with van der Waals surface area (Å²) < 4.78 is 0. The van der Waals surface area contributed by atoms with Crippen LogP contribution in [0.5, 0.6) is 0 Å². The van der Waals surface area contributed by atoms with E-state index in [1.54, 1.807) is 11.3 Å². The van der Waals surface area contributed by atoms with Gasteiger partial charge in [-0.2, -0.15) is 0 Å². The third kappa shape index (κ3) is 4.51. The maximum Gasteiger partial charge on any atom is 0.317 e. The zero-order valence-electron chi connectivity index (χ0n) is 12.7. The molecule has 1 aliphatic rings. The van der Waals surface area contributed by atoms with Crippen molar-refractivity contribution in [1.82, 2.24) is 10.2 Å². The van der Waals surface area contributed by atoms with Crippen LogP contribution in [0.2, 0.25) is 0 Å². The van der Waals surface area contributed by atoms with Gasteiger partial charge in [-0.15, -0.1) is 11.3 Å². The molecule has 112 valence electrons. The van der Waals surface area contributed by atoms with Crippen molar-refractivity contribution in [2.45, 2.75) is 52.0 Å². The summed E-state index contributed by atoms with van der Waals surface area (Å²) in [7, 11) is 1.91. The van der Waals surface area contributed by atoms with Crippen LogP contribution in [-0.4, -0.2) is 24.5 Å². The number of hydrogen-bond donors (Lipinski definition) is 1. The quantitative estimate of drug-likeness (QED) is 0.873. The molecule has 1 fully saturated rings. The molecule has 3 nitrogen and oxygen atoms in total. The average molecular weight is 294 g/mol. The van der Waals surface area contributed by atoms with Crippen molar-refractivity contribution >= 4 is 17.4 Å². The van der Waals surface area contributed by atoms with Crippen molar-refractivity contribution in [3.8, 4) is 0 Å². The third-order valence-corrected chi connectivity index (χ3v) is 5.31. The molecule has 2 amide bonds. The monoisotopic (exact) mass is 294 g/mol. The van der Waals surface area contributed by atoms with Crippen molar-refractivity contribution in [3.63, 3.8) is 0 Å². The summed E-state index contributed by atoms with van der Waals surface area (Å²) in [5, 5.41) is 3.02. The molecule has 0 aliphatic heterocycles. The molecular weight excluding hydrogens is 268 g/mol.